The number of furan rings is 1. The number of methoxy groups -OCH3 is 1. The monoisotopic (exact) mass is 350 g/mol. The van der Waals surface area contributed by atoms with Crippen LogP contribution in [0.25, 0.3) is 11.0 Å². The van der Waals surface area contributed by atoms with Crippen LogP contribution in [0.2, 0.25) is 0 Å². The predicted molar refractivity (Wildman–Crippen MR) is 96.0 cm³/mol. The first-order chi connectivity index (χ1) is 12.6. The van der Waals surface area contributed by atoms with Gasteiger partial charge in [0.05, 0.1) is 24.8 Å². The van der Waals surface area contributed by atoms with Gasteiger partial charge in [0.15, 0.2) is 18.1 Å². The van der Waals surface area contributed by atoms with Gasteiger partial charge >= 0.3 is 0 Å². The van der Waals surface area contributed by atoms with E-state index in [4.69, 9.17) is 19.2 Å². The molecule has 1 amide bonds. The number of hydrogen-bond acceptors (Lipinski definition) is 5. The second kappa shape index (κ2) is 7.62. The van der Waals surface area contributed by atoms with E-state index in [0.29, 0.717) is 22.8 Å². The number of benzene rings is 2. The van der Waals surface area contributed by atoms with Crippen LogP contribution in [0.5, 0.6) is 11.5 Å². The number of carbonyl (C=O) groups excluding carboxylic acids is 1. The molecule has 132 valence electrons. The maximum Gasteiger partial charge on any atom is 0.258 e. The predicted octanol–water partition coefficient (Wildman–Crippen LogP) is 3.57. The SMILES string of the molecule is COc1cc(C#N)ccc1OCC(=O)N[C@H](C)c1cc2ccccc2o1. The van der Waals surface area contributed by atoms with E-state index in [1.807, 2.05) is 43.3 Å². The number of ether oxygens (including phenoxy) is 2. The molecule has 0 saturated carbocycles. The molecule has 1 heterocycles. The van der Waals surface area contributed by atoms with E-state index in [2.05, 4.69) is 5.32 Å². The fraction of sp³-hybridized carbons (Fsp3) is 0.200. The highest BCUT2D eigenvalue weighted by Crippen LogP contribution is 2.28. The Kier molecular flexibility index (Phi) is 5.09. The molecule has 0 unspecified atom stereocenters. The largest absolute Gasteiger partial charge is 0.493 e. The second-order valence-corrected chi connectivity index (χ2v) is 5.74. The minimum absolute atomic E-state index is 0.174. The Labute approximate surface area is 150 Å². The molecular formula is C20H18N2O4. The number of nitriles is 1. The van der Waals surface area contributed by atoms with Gasteiger partial charge in [-0.1, -0.05) is 18.2 Å². The van der Waals surface area contributed by atoms with E-state index in [0.717, 1.165) is 11.0 Å². The van der Waals surface area contributed by atoms with Crippen molar-refractivity contribution >= 4 is 16.9 Å². The zero-order valence-corrected chi connectivity index (χ0v) is 14.5. The van der Waals surface area contributed by atoms with Crippen LogP contribution in [0.3, 0.4) is 0 Å². The summed E-state index contributed by atoms with van der Waals surface area (Å²) in [5.41, 5.74) is 1.24. The van der Waals surface area contributed by atoms with Crippen LogP contribution in [0.1, 0.15) is 24.3 Å². The Morgan fingerprint density at radius 3 is 2.77 bits per heavy atom. The van der Waals surface area contributed by atoms with Crippen LogP contribution in [-0.4, -0.2) is 19.6 Å². The lowest BCUT2D eigenvalue weighted by atomic mass is 10.2. The smallest absolute Gasteiger partial charge is 0.258 e. The van der Waals surface area contributed by atoms with Crippen LogP contribution < -0.4 is 14.8 Å². The zero-order valence-electron chi connectivity index (χ0n) is 14.5. The van der Waals surface area contributed by atoms with Gasteiger partial charge in [-0.05, 0) is 31.2 Å². The van der Waals surface area contributed by atoms with Crippen LogP contribution >= 0.6 is 0 Å². The molecule has 0 aliphatic carbocycles. The Hall–Kier alpha value is -3.46. The van der Waals surface area contributed by atoms with Crippen molar-refractivity contribution in [3.8, 4) is 17.6 Å². The summed E-state index contributed by atoms with van der Waals surface area (Å²) in [6.07, 6.45) is 0. The summed E-state index contributed by atoms with van der Waals surface area (Å²) in [4.78, 5) is 12.2. The molecule has 1 atom stereocenters. The summed E-state index contributed by atoms with van der Waals surface area (Å²) in [5, 5.41) is 12.7. The third-order valence-electron chi connectivity index (χ3n) is 3.90. The highest BCUT2D eigenvalue weighted by Gasteiger charge is 2.15. The molecule has 0 spiro atoms. The molecule has 3 aromatic rings. The molecule has 1 aromatic heterocycles. The van der Waals surface area contributed by atoms with Crippen LogP contribution in [0.4, 0.5) is 0 Å². The summed E-state index contributed by atoms with van der Waals surface area (Å²) < 4.78 is 16.4. The van der Waals surface area contributed by atoms with Gasteiger partial charge < -0.3 is 19.2 Å². The molecule has 0 bridgehead atoms. The van der Waals surface area contributed by atoms with E-state index in [-0.39, 0.29) is 18.6 Å². The number of nitrogens with one attached hydrogen (secondary N) is 1. The quantitative estimate of drug-likeness (QED) is 0.735. The standard InChI is InChI=1S/C20H18N2O4/c1-13(18-10-15-5-3-4-6-16(15)26-18)22-20(23)12-25-17-8-7-14(11-21)9-19(17)24-2/h3-10,13H,12H2,1-2H3,(H,22,23)/t13-/m1/s1. The lowest BCUT2D eigenvalue weighted by Gasteiger charge is -2.13. The summed E-state index contributed by atoms with van der Waals surface area (Å²) in [6, 6.07) is 16.1. The van der Waals surface area contributed by atoms with Crippen LogP contribution in [0, 0.1) is 11.3 Å². The highest BCUT2D eigenvalue weighted by molar-refractivity contribution is 5.80. The normalized spacial score (nSPS) is 11.6. The van der Waals surface area contributed by atoms with Crippen molar-refractivity contribution < 1.29 is 18.7 Å². The van der Waals surface area contributed by atoms with Gasteiger partial charge in [-0.3, -0.25) is 4.79 Å². The van der Waals surface area contributed by atoms with Crippen molar-refractivity contribution in [2.45, 2.75) is 13.0 Å². The fourth-order valence-electron chi connectivity index (χ4n) is 2.57. The highest BCUT2D eigenvalue weighted by atomic mass is 16.5. The molecule has 26 heavy (non-hydrogen) atoms. The van der Waals surface area contributed by atoms with Gasteiger partial charge in [0.1, 0.15) is 11.3 Å². The Morgan fingerprint density at radius 2 is 2.04 bits per heavy atom. The summed E-state index contributed by atoms with van der Waals surface area (Å²) >= 11 is 0. The average Bonchev–Trinajstić information content (AvgIpc) is 3.10. The van der Waals surface area contributed by atoms with Crippen molar-refractivity contribution in [1.29, 1.82) is 5.26 Å². The minimum Gasteiger partial charge on any atom is -0.493 e. The van der Waals surface area contributed by atoms with Gasteiger partial charge in [0, 0.05) is 11.5 Å². The lowest BCUT2D eigenvalue weighted by Crippen LogP contribution is -2.31. The Bertz CT molecular complexity index is 938. The molecule has 1 N–H and O–H groups in total. The third-order valence-corrected chi connectivity index (χ3v) is 3.90. The fourth-order valence-corrected chi connectivity index (χ4v) is 2.57. The minimum atomic E-state index is -0.290. The summed E-state index contributed by atoms with van der Waals surface area (Å²) in [5.74, 6) is 1.19. The lowest BCUT2D eigenvalue weighted by molar-refractivity contribution is -0.123. The van der Waals surface area contributed by atoms with Gasteiger partial charge in [0.2, 0.25) is 0 Å². The van der Waals surface area contributed by atoms with Gasteiger partial charge in [-0.2, -0.15) is 5.26 Å². The van der Waals surface area contributed by atoms with Gasteiger partial charge in [-0.25, -0.2) is 0 Å². The number of para-hydroxylation sites is 1. The summed E-state index contributed by atoms with van der Waals surface area (Å²) in [6.45, 7) is 1.67. The molecule has 0 aliphatic heterocycles. The molecule has 6 heteroatoms. The van der Waals surface area contributed by atoms with E-state index in [1.165, 1.54) is 7.11 Å². The Balaban J connectivity index is 1.61. The third kappa shape index (κ3) is 3.78. The van der Waals surface area contributed by atoms with Crippen molar-refractivity contribution in [2.75, 3.05) is 13.7 Å². The molecule has 2 aromatic carbocycles. The molecule has 0 saturated heterocycles. The number of hydrogen-bond donors (Lipinski definition) is 1. The number of rotatable bonds is 6. The Morgan fingerprint density at radius 1 is 1.23 bits per heavy atom. The number of carbonyl (C=O) groups is 1. The molecule has 0 aliphatic rings. The van der Waals surface area contributed by atoms with E-state index in [9.17, 15) is 4.79 Å². The van der Waals surface area contributed by atoms with Crippen molar-refractivity contribution in [1.82, 2.24) is 5.32 Å². The number of fused-ring (bicyclic) bond motifs is 1. The van der Waals surface area contributed by atoms with Gasteiger partial charge in [0.25, 0.3) is 5.91 Å². The molecule has 0 radical (unpaired) electrons. The van der Waals surface area contributed by atoms with Crippen molar-refractivity contribution in [3.63, 3.8) is 0 Å². The van der Waals surface area contributed by atoms with Gasteiger partial charge in [-0.15, -0.1) is 0 Å². The molecular weight excluding hydrogens is 332 g/mol. The number of amides is 1. The maximum atomic E-state index is 12.2. The van der Waals surface area contributed by atoms with E-state index < -0.39 is 0 Å². The first-order valence-electron chi connectivity index (χ1n) is 8.09. The second-order valence-electron chi connectivity index (χ2n) is 5.74. The first-order valence-corrected chi connectivity index (χ1v) is 8.09. The van der Waals surface area contributed by atoms with Crippen LogP contribution in [-0.2, 0) is 4.79 Å². The molecule has 3 rings (SSSR count). The van der Waals surface area contributed by atoms with Crippen molar-refractivity contribution in [2.24, 2.45) is 0 Å². The van der Waals surface area contributed by atoms with E-state index in [1.54, 1.807) is 18.2 Å². The topological polar surface area (TPSA) is 84.5 Å². The summed E-state index contributed by atoms with van der Waals surface area (Å²) in [7, 11) is 1.48. The van der Waals surface area contributed by atoms with Crippen molar-refractivity contribution in [3.05, 3.63) is 59.9 Å². The zero-order chi connectivity index (χ0) is 18.5. The number of nitrogens with zero attached hydrogens (tertiary/aromatic N) is 1. The maximum absolute atomic E-state index is 12.2. The van der Waals surface area contributed by atoms with E-state index >= 15 is 0 Å². The average molecular weight is 350 g/mol. The molecule has 0 fully saturated rings. The molecule has 6 nitrogen and oxygen atoms in total. The van der Waals surface area contributed by atoms with Crippen LogP contribution in [0.15, 0.2) is 52.9 Å². The first kappa shape index (κ1) is 17.4.